The first-order chi connectivity index (χ1) is 15.9. The van der Waals surface area contributed by atoms with Gasteiger partial charge in [-0.05, 0) is 60.8 Å². The van der Waals surface area contributed by atoms with Crippen molar-refractivity contribution in [3.63, 3.8) is 0 Å². The van der Waals surface area contributed by atoms with E-state index >= 15 is 0 Å². The van der Waals surface area contributed by atoms with Crippen molar-refractivity contribution in [1.82, 2.24) is 19.9 Å². The van der Waals surface area contributed by atoms with Gasteiger partial charge in [0, 0.05) is 25.7 Å². The Labute approximate surface area is 199 Å². The molecule has 33 heavy (non-hydrogen) atoms. The molecule has 4 aromatic rings. The second-order valence-electron chi connectivity index (χ2n) is 8.25. The lowest BCUT2D eigenvalue weighted by molar-refractivity contribution is 0.187. The van der Waals surface area contributed by atoms with Crippen molar-refractivity contribution in [2.75, 3.05) is 24.5 Å². The van der Waals surface area contributed by atoms with Gasteiger partial charge in [0.05, 0.1) is 11.0 Å². The smallest absolute Gasteiger partial charge is 0.225 e. The molecule has 0 amide bonds. The first-order valence-electron chi connectivity index (χ1n) is 10.7. The fraction of sp³-hybridized carbons (Fsp3) is 0.292. The standard InChI is InChI=1S/C24H22ClF2N5S/c1-14-13-31(11-12-32(14)22-20-23(30-24(25)29-22)33-15(2)28-20)21(16-3-7-18(26)8-4-16)17-5-9-19(27)10-6-17/h3-10,14,21H,11-13H2,1-2H3. The van der Waals surface area contributed by atoms with E-state index in [-0.39, 0.29) is 29.0 Å². The third kappa shape index (κ3) is 4.43. The van der Waals surface area contributed by atoms with Crippen LogP contribution in [0.15, 0.2) is 48.5 Å². The molecule has 2 aromatic carbocycles. The predicted molar refractivity (Wildman–Crippen MR) is 128 cm³/mol. The third-order valence-corrected chi connectivity index (χ3v) is 7.02. The fourth-order valence-electron chi connectivity index (χ4n) is 4.53. The molecule has 0 aliphatic carbocycles. The Balaban J connectivity index is 1.47. The molecule has 0 spiro atoms. The number of nitrogens with zero attached hydrogens (tertiary/aromatic N) is 5. The van der Waals surface area contributed by atoms with E-state index in [1.165, 1.54) is 35.6 Å². The molecule has 1 aliphatic heterocycles. The van der Waals surface area contributed by atoms with Crippen LogP contribution in [0.25, 0.3) is 10.3 Å². The number of aryl methyl sites for hydroxylation is 1. The molecular weight excluding hydrogens is 464 g/mol. The van der Waals surface area contributed by atoms with Crippen molar-refractivity contribution < 1.29 is 8.78 Å². The van der Waals surface area contributed by atoms with Crippen LogP contribution in [0, 0.1) is 18.6 Å². The lowest BCUT2D eigenvalue weighted by Gasteiger charge is -2.44. The predicted octanol–water partition coefficient (Wildman–Crippen LogP) is 5.63. The number of rotatable bonds is 4. The SMILES string of the molecule is Cc1nc2c(N3CCN(C(c4ccc(F)cc4)c4ccc(F)cc4)CC3C)nc(Cl)nc2s1. The summed E-state index contributed by atoms with van der Waals surface area (Å²) in [6.07, 6.45) is 0. The van der Waals surface area contributed by atoms with Crippen LogP contribution in [0.3, 0.4) is 0 Å². The molecule has 1 fully saturated rings. The van der Waals surface area contributed by atoms with Gasteiger partial charge in [0.15, 0.2) is 10.6 Å². The van der Waals surface area contributed by atoms with Gasteiger partial charge in [0.1, 0.15) is 17.2 Å². The van der Waals surface area contributed by atoms with E-state index in [0.717, 1.165) is 45.4 Å². The highest BCUT2D eigenvalue weighted by molar-refractivity contribution is 7.18. The number of hydrogen-bond donors (Lipinski definition) is 0. The number of piperazine rings is 1. The summed E-state index contributed by atoms with van der Waals surface area (Å²) in [4.78, 5) is 18.8. The number of fused-ring (bicyclic) bond motifs is 1. The summed E-state index contributed by atoms with van der Waals surface area (Å²) in [5.41, 5.74) is 2.70. The van der Waals surface area contributed by atoms with Gasteiger partial charge in [-0.2, -0.15) is 4.98 Å². The van der Waals surface area contributed by atoms with E-state index in [9.17, 15) is 8.78 Å². The highest BCUT2D eigenvalue weighted by Crippen LogP contribution is 2.34. The average molecular weight is 486 g/mol. The average Bonchev–Trinajstić information content (AvgIpc) is 3.16. The van der Waals surface area contributed by atoms with Crippen molar-refractivity contribution in [3.8, 4) is 0 Å². The molecule has 0 radical (unpaired) electrons. The molecule has 0 saturated carbocycles. The summed E-state index contributed by atoms with van der Waals surface area (Å²) in [5.74, 6) is 0.192. The topological polar surface area (TPSA) is 45.2 Å². The summed E-state index contributed by atoms with van der Waals surface area (Å²) in [5, 5.41) is 1.13. The van der Waals surface area contributed by atoms with Crippen molar-refractivity contribution in [1.29, 1.82) is 0 Å². The molecule has 170 valence electrons. The number of thiazole rings is 1. The van der Waals surface area contributed by atoms with E-state index < -0.39 is 0 Å². The molecule has 5 rings (SSSR count). The molecular formula is C24H22ClF2N5S. The van der Waals surface area contributed by atoms with Crippen LogP contribution in [0.2, 0.25) is 5.28 Å². The highest BCUT2D eigenvalue weighted by Gasteiger charge is 2.32. The quantitative estimate of drug-likeness (QED) is 0.351. The molecule has 0 bridgehead atoms. The Hall–Kier alpha value is -2.68. The van der Waals surface area contributed by atoms with Crippen molar-refractivity contribution in [3.05, 3.63) is 81.6 Å². The Morgan fingerprint density at radius 3 is 2.12 bits per heavy atom. The lowest BCUT2D eigenvalue weighted by atomic mass is 9.95. The summed E-state index contributed by atoms with van der Waals surface area (Å²) < 4.78 is 27.2. The highest BCUT2D eigenvalue weighted by atomic mass is 35.5. The van der Waals surface area contributed by atoms with E-state index in [0.29, 0.717) is 6.54 Å². The maximum absolute atomic E-state index is 13.6. The summed E-state index contributed by atoms with van der Waals surface area (Å²) in [7, 11) is 0. The van der Waals surface area contributed by atoms with Crippen LogP contribution < -0.4 is 4.90 Å². The molecule has 1 unspecified atom stereocenters. The number of benzene rings is 2. The minimum absolute atomic E-state index is 0.110. The second kappa shape index (κ2) is 8.93. The largest absolute Gasteiger partial charge is 0.349 e. The zero-order valence-electron chi connectivity index (χ0n) is 18.2. The number of halogens is 3. The van der Waals surface area contributed by atoms with Gasteiger partial charge in [-0.15, -0.1) is 0 Å². The van der Waals surface area contributed by atoms with E-state index in [2.05, 4.69) is 31.7 Å². The van der Waals surface area contributed by atoms with Crippen LogP contribution in [-0.4, -0.2) is 45.5 Å². The van der Waals surface area contributed by atoms with E-state index in [1.54, 1.807) is 24.3 Å². The number of anilines is 1. The third-order valence-electron chi connectivity index (χ3n) is 5.99. The minimum Gasteiger partial charge on any atom is -0.349 e. The zero-order chi connectivity index (χ0) is 23.1. The molecule has 3 heterocycles. The van der Waals surface area contributed by atoms with Crippen LogP contribution >= 0.6 is 22.9 Å². The fourth-order valence-corrected chi connectivity index (χ4v) is 5.52. The van der Waals surface area contributed by atoms with Gasteiger partial charge >= 0.3 is 0 Å². The lowest BCUT2D eigenvalue weighted by Crippen LogP contribution is -2.53. The molecule has 1 aliphatic rings. The maximum atomic E-state index is 13.6. The summed E-state index contributed by atoms with van der Waals surface area (Å²) in [6, 6.07) is 13.1. The van der Waals surface area contributed by atoms with Gasteiger partial charge in [-0.1, -0.05) is 35.6 Å². The Morgan fingerprint density at radius 1 is 0.939 bits per heavy atom. The molecule has 1 atom stereocenters. The number of hydrogen-bond acceptors (Lipinski definition) is 6. The molecule has 1 saturated heterocycles. The monoisotopic (exact) mass is 485 g/mol. The summed E-state index contributed by atoms with van der Waals surface area (Å²) in [6.45, 7) is 6.25. The maximum Gasteiger partial charge on any atom is 0.225 e. The molecule has 5 nitrogen and oxygen atoms in total. The minimum atomic E-state index is -0.280. The van der Waals surface area contributed by atoms with Crippen LogP contribution in [0.4, 0.5) is 14.6 Å². The second-order valence-corrected chi connectivity index (χ2v) is 9.77. The normalized spacial score (nSPS) is 17.3. The first-order valence-corrected chi connectivity index (χ1v) is 11.9. The first kappa shape index (κ1) is 22.1. The van der Waals surface area contributed by atoms with Crippen molar-refractivity contribution in [2.24, 2.45) is 0 Å². The molecule has 0 N–H and O–H groups in total. The Bertz CT molecular complexity index is 1230. The van der Waals surface area contributed by atoms with E-state index in [4.69, 9.17) is 11.6 Å². The van der Waals surface area contributed by atoms with Gasteiger partial charge in [-0.25, -0.2) is 18.7 Å². The van der Waals surface area contributed by atoms with Gasteiger partial charge in [-0.3, -0.25) is 4.90 Å². The summed E-state index contributed by atoms with van der Waals surface area (Å²) >= 11 is 7.73. The Morgan fingerprint density at radius 2 is 1.55 bits per heavy atom. The molecule has 9 heteroatoms. The zero-order valence-corrected chi connectivity index (χ0v) is 19.7. The molecule has 2 aromatic heterocycles. The van der Waals surface area contributed by atoms with Crippen LogP contribution in [-0.2, 0) is 0 Å². The van der Waals surface area contributed by atoms with Crippen molar-refractivity contribution in [2.45, 2.75) is 25.9 Å². The van der Waals surface area contributed by atoms with Gasteiger partial charge in [0.25, 0.3) is 0 Å². The van der Waals surface area contributed by atoms with Crippen molar-refractivity contribution >= 4 is 39.1 Å². The van der Waals surface area contributed by atoms with Gasteiger partial charge < -0.3 is 4.90 Å². The van der Waals surface area contributed by atoms with Crippen LogP contribution in [0.5, 0.6) is 0 Å². The Kier molecular flexibility index (Phi) is 5.99. The van der Waals surface area contributed by atoms with E-state index in [1.807, 2.05) is 6.92 Å². The number of aromatic nitrogens is 3. The van der Waals surface area contributed by atoms with Crippen LogP contribution in [0.1, 0.15) is 29.1 Å². The van der Waals surface area contributed by atoms with Gasteiger partial charge in [0.2, 0.25) is 5.28 Å².